The number of nitrogens with one attached hydrogen (secondary N) is 1. The average Bonchev–Trinajstić information content (AvgIpc) is 3.02. The predicted molar refractivity (Wildman–Crippen MR) is 104 cm³/mol. The van der Waals surface area contributed by atoms with Gasteiger partial charge in [0.15, 0.2) is 0 Å². The summed E-state index contributed by atoms with van der Waals surface area (Å²) in [5, 5.41) is 2.97. The van der Waals surface area contributed by atoms with E-state index in [0.29, 0.717) is 19.0 Å². The summed E-state index contributed by atoms with van der Waals surface area (Å²) in [6, 6.07) is 16.1. The van der Waals surface area contributed by atoms with Gasteiger partial charge in [-0.1, -0.05) is 55.8 Å². The quantitative estimate of drug-likeness (QED) is 0.892. The lowest BCUT2D eigenvalue weighted by Crippen LogP contribution is -2.32. The molecule has 0 aliphatic carbocycles. The van der Waals surface area contributed by atoms with Gasteiger partial charge in [-0.3, -0.25) is 9.59 Å². The molecule has 1 N–H and O–H groups in total. The zero-order valence-corrected chi connectivity index (χ0v) is 15.7. The molecule has 1 heterocycles. The van der Waals surface area contributed by atoms with Crippen molar-refractivity contribution in [1.82, 2.24) is 5.32 Å². The van der Waals surface area contributed by atoms with E-state index in [0.717, 1.165) is 16.8 Å². The summed E-state index contributed by atoms with van der Waals surface area (Å²) in [7, 11) is 0. The molecule has 0 bridgehead atoms. The fraction of sp³-hybridized carbons (Fsp3) is 0.364. The molecule has 26 heavy (non-hydrogen) atoms. The van der Waals surface area contributed by atoms with Gasteiger partial charge in [-0.2, -0.15) is 0 Å². The van der Waals surface area contributed by atoms with Crippen LogP contribution in [0.3, 0.4) is 0 Å². The summed E-state index contributed by atoms with van der Waals surface area (Å²) in [5.74, 6) is 0.158. The maximum absolute atomic E-state index is 12.5. The first-order chi connectivity index (χ1) is 12.4. The molecule has 2 aromatic carbocycles. The van der Waals surface area contributed by atoms with Crippen LogP contribution in [0.5, 0.6) is 0 Å². The van der Waals surface area contributed by atoms with Crippen molar-refractivity contribution in [2.24, 2.45) is 5.92 Å². The van der Waals surface area contributed by atoms with Crippen LogP contribution in [-0.2, 0) is 16.1 Å². The molecule has 1 aliphatic heterocycles. The van der Waals surface area contributed by atoms with E-state index in [4.69, 9.17) is 0 Å². The van der Waals surface area contributed by atoms with Gasteiger partial charge >= 0.3 is 0 Å². The van der Waals surface area contributed by atoms with Crippen LogP contribution in [0.4, 0.5) is 5.69 Å². The Morgan fingerprint density at radius 2 is 1.77 bits per heavy atom. The molecule has 1 fully saturated rings. The molecule has 0 spiro atoms. The number of hydrogen-bond acceptors (Lipinski definition) is 2. The second-order valence-corrected chi connectivity index (χ2v) is 7.36. The Morgan fingerprint density at radius 1 is 1.12 bits per heavy atom. The molecule has 1 atom stereocenters. The Hall–Kier alpha value is -2.62. The van der Waals surface area contributed by atoms with Gasteiger partial charge in [0, 0.05) is 25.2 Å². The molecule has 0 radical (unpaired) electrons. The molecule has 2 aromatic rings. The van der Waals surface area contributed by atoms with Gasteiger partial charge in [0.25, 0.3) is 0 Å². The lowest BCUT2D eigenvalue weighted by molar-refractivity contribution is -0.126. The van der Waals surface area contributed by atoms with Crippen molar-refractivity contribution in [2.45, 2.75) is 39.7 Å². The minimum atomic E-state index is -0.293. The number of benzene rings is 2. The molecular weight excluding hydrogens is 324 g/mol. The Balaban J connectivity index is 1.57. The van der Waals surface area contributed by atoms with Crippen molar-refractivity contribution in [3.8, 4) is 0 Å². The first kappa shape index (κ1) is 18.2. The van der Waals surface area contributed by atoms with E-state index in [1.165, 1.54) is 5.56 Å². The number of nitrogens with zero attached hydrogens (tertiary/aromatic N) is 1. The average molecular weight is 350 g/mol. The summed E-state index contributed by atoms with van der Waals surface area (Å²) in [6.45, 7) is 7.27. The van der Waals surface area contributed by atoms with Gasteiger partial charge in [0.05, 0.1) is 5.92 Å². The van der Waals surface area contributed by atoms with Crippen molar-refractivity contribution in [2.75, 3.05) is 11.4 Å². The van der Waals surface area contributed by atoms with Crippen LogP contribution < -0.4 is 10.2 Å². The third-order valence-corrected chi connectivity index (χ3v) is 4.95. The summed E-state index contributed by atoms with van der Waals surface area (Å²) in [6.07, 6.45) is 0.270. The zero-order chi connectivity index (χ0) is 18.7. The fourth-order valence-electron chi connectivity index (χ4n) is 3.21. The van der Waals surface area contributed by atoms with Crippen LogP contribution in [0.1, 0.15) is 42.9 Å². The zero-order valence-electron chi connectivity index (χ0n) is 15.7. The SMILES string of the molecule is Cc1ccc(N2CC(C(=O)NCc3ccc(C(C)C)cc3)CC2=O)cc1. The largest absolute Gasteiger partial charge is 0.352 e. The van der Waals surface area contributed by atoms with Gasteiger partial charge in [-0.25, -0.2) is 0 Å². The number of rotatable bonds is 5. The van der Waals surface area contributed by atoms with Gasteiger partial charge < -0.3 is 10.2 Å². The third-order valence-electron chi connectivity index (χ3n) is 4.95. The first-order valence-electron chi connectivity index (χ1n) is 9.17. The maximum atomic E-state index is 12.5. The molecule has 2 amide bonds. The molecule has 1 saturated heterocycles. The molecule has 136 valence electrons. The lowest BCUT2D eigenvalue weighted by atomic mass is 10.0. The second kappa shape index (κ2) is 7.73. The lowest BCUT2D eigenvalue weighted by Gasteiger charge is -2.17. The van der Waals surface area contributed by atoms with E-state index in [2.05, 4.69) is 31.3 Å². The number of carbonyl (C=O) groups excluding carboxylic acids is 2. The Kier molecular flexibility index (Phi) is 5.40. The van der Waals surface area contributed by atoms with Crippen molar-refractivity contribution in [3.05, 3.63) is 65.2 Å². The van der Waals surface area contributed by atoms with Crippen molar-refractivity contribution in [3.63, 3.8) is 0 Å². The molecule has 1 aliphatic rings. The van der Waals surface area contributed by atoms with E-state index < -0.39 is 0 Å². The highest BCUT2D eigenvalue weighted by Crippen LogP contribution is 2.25. The highest BCUT2D eigenvalue weighted by Gasteiger charge is 2.34. The smallest absolute Gasteiger partial charge is 0.227 e. The van der Waals surface area contributed by atoms with E-state index in [1.54, 1.807) is 4.90 Å². The van der Waals surface area contributed by atoms with Gasteiger partial charge in [0.1, 0.15) is 0 Å². The normalized spacial score (nSPS) is 17.0. The van der Waals surface area contributed by atoms with Crippen LogP contribution >= 0.6 is 0 Å². The van der Waals surface area contributed by atoms with Crippen LogP contribution in [0, 0.1) is 12.8 Å². The fourth-order valence-corrected chi connectivity index (χ4v) is 3.21. The summed E-state index contributed by atoms with van der Waals surface area (Å²) in [5.41, 5.74) is 4.37. The Bertz CT molecular complexity index is 779. The van der Waals surface area contributed by atoms with Crippen molar-refractivity contribution >= 4 is 17.5 Å². The molecular formula is C22H26N2O2. The van der Waals surface area contributed by atoms with E-state index >= 15 is 0 Å². The van der Waals surface area contributed by atoms with Crippen LogP contribution in [-0.4, -0.2) is 18.4 Å². The number of carbonyl (C=O) groups is 2. The number of amides is 2. The van der Waals surface area contributed by atoms with Gasteiger partial charge in [0.2, 0.25) is 11.8 Å². The minimum absolute atomic E-state index is 0.00953. The molecule has 0 aromatic heterocycles. The summed E-state index contributed by atoms with van der Waals surface area (Å²) in [4.78, 5) is 26.5. The predicted octanol–water partition coefficient (Wildman–Crippen LogP) is 3.79. The number of anilines is 1. The second-order valence-electron chi connectivity index (χ2n) is 7.36. The Morgan fingerprint density at radius 3 is 2.38 bits per heavy atom. The van der Waals surface area contributed by atoms with Crippen LogP contribution in [0.2, 0.25) is 0 Å². The summed E-state index contributed by atoms with van der Waals surface area (Å²) >= 11 is 0. The monoisotopic (exact) mass is 350 g/mol. The molecule has 4 nitrogen and oxygen atoms in total. The van der Waals surface area contributed by atoms with Crippen molar-refractivity contribution < 1.29 is 9.59 Å². The third kappa shape index (κ3) is 4.13. The first-order valence-corrected chi connectivity index (χ1v) is 9.17. The molecule has 1 unspecified atom stereocenters. The molecule has 4 heteroatoms. The molecule has 0 saturated carbocycles. The standard InChI is InChI=1S/C22H26N2O2/c1-15(2)18-8-6-17(7-9-18)13-23-22(26)19-12-21(25)24(14-19)20-10-4-16(3)5-11-20/h4-11,15,19H,12-14H2,1-3H3,(H,23,26). The maximum Gasteiger partial charge on any atom is 0.227 e. The Labute approximate surface area is 155 Å². The van der Waals surface area contributed by atoms with Crippen LogP contribution in [0.15, 0.2) is 48.5 Å². The number of aryl methyl sites for hydroxylation is 1. The van der Waals surface area contributed by atoms with Gasteiger partial charge in [-0.15, -0.1) is 0 Å². The molecule has 3 rings (SSSR count). The number of hydrogen-bond donors (Lipinski definition) is 1. The highest BCUT2D eigenvalue weighted by molar-refractivity contribution is 6.00. The van der Waals surface area contributed by atoms with E-state index in [1.807, 2.05) is 43.3 Å². The van der Waals surface area contributed by atoms with Crippen LogP contribution in [0.25, 0.3) is 0 Å². The van der Waals surface area contributed by atoms with Crippen molar-refractivity contribution in [1.29, 1.82) is 0 Å². The minimum Gasteiger partial charge on any atom is -0.352 e. The van der Waals surface area contributed by atoms with E-state index in [9.17, 15) is 9.59 Å². The van der Waals surface area contributed by atoms with E-state index in [-0.39, 0.29) is 24.2 Å². The summed E-state index contributed by atoms with van der Waals surface area (Å²) < 4.78 is 0. The highest BCUT2D eigenvalue weighted by atomic mass is 16.2. The van der Waals surface area contributed by atoms with Gasteiger partial charge in [-0.05, 0) is 36.1 Å². The topological polar surface area (TPSA) is 49.4 Å².